The van der Waals surface area contributed by atoms with Crippen molar-refractivity contribution >= 4 is 11.6 Å². The first kappa shape index (κ1) is 12.8. The highest BCUT2D eigenvalue weighted by Gasteiger charge is 2.01. The number of anilines is 2. The van der Waals surface area contributed by atoms with E-state index in [9.17, 15) is 0 Å². The molecule has 90 valence electrons. The summed E-state index contributed by atoms with van der Waals surface area (Å²) in [6.45, 7) is 6.42. The molecule has 0 atom stereocenters. The van der Waals surface area contributed by atoms with Crippen LogP contribution in [-0.2, 0) is 0 Å². The SMILES string of the molecule is CC(C)N(C)CCCNc1cccc(N)n1. The molecule has 0 aromatic carbocycles. The number of aromatic nitrogens is 1. The van der Waals surface area contributed by atoms with Gasteiger partial charge >= 0.3 is 0 Å². The second-order valence-corrected chi connectivity index (χ2v) is 4.30. The molecule has 0 aliphatic heterocycles. The summed E-state index contributed by atoms with van der Waals surface area (Å²) in [4.78, 5) is 6.51. The number of hydrogen-bond donors (Lipinski definition) is 2. The molecule has 0 bridgehead atoms. The van der Waals surface area contributed by atoms with Gasteiger partial charge in [0.05, 0.1) is 0 Å². The van der Waals surface area contributed by atoms with E-state index in [4.69, 9.17) is 5.73 Å². The normalized spacial score (nSPS) is 11.1. The van der Waals surface area contributed by atoms with Gasteiger partial charge in [0.15, 0.2) is 0 Å². The van der Waals surface area contributed by atoms with Gasteiger partial charge in [-0.3, -0.25) is 0 Å². The lowest BCUT2D eigenvalue weighted by Gasteiger charge is -2.20. The molecule has 0 aliphatic rings. The van der Waals surface area contributed by atoms with Crippen LogP contribution in [0.5, 0.6) is 0 Å². The molecule has 0 spiro atoms. The minimum atomic E-state index is 0.560. The number of nitrogen functional groups attached to an aromatic ring is 1. The molecule has 4 heteroatoms. The number of nitrogens with two attached hydrogens (primary N) is 1. The highest BCUT2D eigenvalue weighted by Crippen LogP contribution is 2.05. The lowest BCUT2D eigenvalue weighted by Crippen LogP contribution is -2.28. The second kappa shape index (κ2) is 6.33. The number of rotatable bonds is 6. The van der Waals surface area contributed by atoms with Gasteiger partial charge in [0.2, 0.25) is 0 Å². The predicted octanol–water partition coefficient (Wildman–Crippen LogP) is 1.81. The summed E-state index contributed by atoms with van der Waals surface area (Å²) in [6, 6.07) is 6.23. The highest BCUT2D eigenvalue weighted by molar-refractivity contribution is 5.41. The molecule has 0 unspecified atom stereocenters. The molecule has 0 saturated heterocycles. The minimum Gasteiger partial charge on any atom is -0.384 e. The van der Waals surface area contributed by atoms with E-state index in [0.717, 1.165) is 25.3 Å². The van der Waals surface area contributed by atoms with Crippen molar-refractivity contribution in [2.45, 2.75) is 26.3 Å². The third-order valence-electron chi connectivity index (χ3n) is 2.65. The monoisotopic (exact) mass is 222 g/mol. The smallest absolute Gasteiger partial charge is 0.128 e. The molecule has 3 N–H and O–H groups in total. The van der Waals surface area contributed by atoms with E-state index in [1.54, 1.807) is 6.07 Å². The molecule has 16 heavy (non-hydrogen) atoms. The van der Waals surface area contributed by atoms with Crippen LogP contribution in [0.1, 0.15) is 20.3 Å². The zero-order chi connectivity index (χ0) is 12.0. The Labute approximate surface area is 97.9 Å². The van der Waals surface area contributed by atoms with Gasteiger partial charge in [0.25, 0.3) is 0 Å². The van der Waals surface area contributed by atoms with E-state index >= 15 is 0 Å². The molecule has 1 rings (SSSR count). The zero-order valence-corrected chi connectivity index (χ0v) is 10.4. The lowest BCUT2D eigenvalue weighted by molar-refractivity contribution is 0.273. The Morgan fingerprint density at radius 2 is 2.19 bits per heavy atom. The number of hydrogen-bond acceptors (Lipinski definition) is 4. The molecule has 0 radical (unpaired) electrons. The van der Waals surface area contributed by atoms with Crippen LogP contribution >= 0.6 is 0 Å². The number of nitrogens with zero attached hydrogens (tertiary/aromatic N) is 2. The van der Waals surface area contributed by atoms with Crippen molar-refractivity contribution in [1.29, 1.82) is 0 Å². The molecule has 4 nitrogen and oxygen atoms in total. The van der Waals surface area contributed by atoms with Crippen LogP contribution in [0, 0.1) is 0 Å². The summed E-state index contributed by atoms with van der Waals surface area (Å²) in [7, 11) is 2.14. The third-order valence-corrected chi connectivity index (χ3v) is 2.65. The van der Waals surface area contributed by atoms with Gasteiger partial charge in [-0.2, -0.15) is 0 Å². The summed E-state index contributed by atoms with van der Waals surface area (Å²) in [5, 5.41) is 3.26. The maximum Gasteiger partial charge on any atom is 0.128 e. The van der Waals surface area contributed by atoms with E-state index < -0.39 is 0 Å². The lowest BCUT2D eigenvalue weighted by atomic mass is 10.3. The number of nitrogens with one attached hydrogen (secondary N) is 1. The molecule has 1 heterocycles. The van der Waals surface area contributed by atoms with Crippen LogP contribution < -0.4 is 11.1 Å². The van der Waals surface area contributed by atoms with Crippen LogP contribution in [0.15, 0.2) is 18.2 Å². The van der Waals surface area contributed by atoms with Crippen LogP contribution in [-0.4, -0.2) is 36.1 Å². The molecule has 0 saturated carbocycles. The maximum absolute atomic E-state index is 5.59. The first-order valence-electron chi connectivity index (χ1n) is 5.76. The first-order valence-corrected chi connectivity index (χ1v) is 5.76. The summed E-state index contributed by atoms with van der Waals surface area (Å²) in [5.74, 6) is 1.41. The van der Waals surface area contributed by atoms with Crippen LogP contribution in [0.4, 0.5) is 11.6 Å². The largest absolute Gasteiger partial charge is 0.384 e. The average molecular weight is 222 g/mol. The fourth-order valence-electron chi connectivity index (χ4n) is 1.35. The van der Waals surface area contributed by atoms with Crippen LogP contribution in [0.25, 0.3) is 0 Å². The molecule has 1 aromatic heterocycles. The Bertz CT molecular complexity index is 312. The Balaban J connectivity index is 2.21. The molecule has 1 aromatic rings. The van der Waals surface area contributed by atoms with Gasteiger partial charge in [0.1, 0.15) is 11.6 Å². The topological polar surface area (TPSA) is 54.2 Å². The minimum absolute atomic E-state index is 0.560. The van der Waals surface area contributed by atoms with Gasteiger partial charge < -0.3 is 16.0 Å². The van der Waals surface area contributed by atoms with Gasteiger partial charge in [0, 0.05) is 12.6 Å². The molecular weight excluding hydrogens is 200 g/mol. The van der Waals surface area contributed by atoms with E-state index in [1.807, 2.05) is 12.1 Å². The second-order valence-electron chi connectivity index (χ2n) is 4.30. The quantitative estimate of drug-likeness (QED) is 0.721. The maximum atomic E-state index is 5.59. The van der Waals surface area contributed by atoms with Crippen molar-refractivity contribution in [1.82, 2.24) is 9.88 Å². The van der Waals surface area contributed by atoms with E-state index in [-0.39, 0.29) is 0 Å². The van der Waals surface area contributed by atoms with Crippen LogP contribution in [0.3, 0.4) is 0 Å². The van der Waals surface area contributed by atoms with E-state index in [0.29, 0.717) is 11.9 Å². The van der Waals surface area contributed by atoms with Crippen molar-refractivity contribution in [3.05, 3.63) is 18.2 Å². The Morgan fingerprint density at radius 1 is 1.44 bits per heavy atom. The summed E-state index contributed by atoms with van der Waals surface area (Å²) in [6.07, 6.45) is 1.10. The first-order chi connectivity index (χ1) is 7.59. The molecule has 0 aliphatic carbocycles. The van der Waals surface area contributed by atoms with Crippen molar-refractivity contribution in [3.63, 3.8) is 0 Å². The highest BCUT2D eigenvalue weighted by atomic mass is 15.1. The summed E-state index contributed by atoms with van der Waals surface area (Å²) >= 11 is 0. The molecule has 0 fully saturated rings. The Morgan fingerprint density at radius 3 is 2.81 bits per heavy atom. The van der Waals surface area contributed by atoms with Gasteiger partial charge in [-0.25, -0.2) is 4.98 Å². The van der Waals surface area contributed by atoms with Crippen molar-refractivity contribution in [3.8, 4) is 0 Å². The fraction of sp³-hybridized carbons (Fsp3) is 0.583. The fourth-order valence-corrected chi connectivity index (χ4v) is 1.35. The third kappa shape index (κ3) is 4.49. The average Bonchev–Trinajstić information content (AvgIpc) is 2.24. The van der Waals surface area contributed by atoms with Gasteiger partial charge in [-0.05, 0) is 46.0 Å². The molecule has 0 amide bonds. The van der Waals surface area contributed by atoms with Gasteiger partial charge in [-0.1, -0.05) is 6.07 Å². The predicted molar refractivity (Wildman–Crippen MR) is 69.5 cm³/mol. The number of pyridine rings is 1. The van der Waals surface area contributed by atoms with Crippen molar-refractivity contribution < 1.29 is 0 Å². The Hall–Kier alpha value is -1.29. The summed E-state index contributed by atoms with van der Waals surface area (Å²) < 4.78 is 0. The van der Waals surface area contributed by atoms with Crippen molar-refractivity contribution in [2.75, 3.05) is 31.2 Å². The van der Waals surface area contributed by atoms with Gasteiger partial charge in [-0.15, -0.1) is 0 Å². The van der Waals surface area contributed by atoms with Crippen molar-refractivity contribution in [2.24, 2.45) is 0 Å². The van der Waals surface area contributed by atoms with E-state index in [2.05, 4.69) is 36.1 Å². The standard InChI is InChI=1S/C12H22N4/c1-10(2)16(3)9-5-8-14-12-7-4-6-11(13)15-12/h4,6-7,10H,5,8-9H2,1-3H3,(H3,13,14,15). The summed E-state index contributed by atoms with van der Waals surface area (Å²) in [5.41, 5.74) is 5.59. The van der Waals surface area contributed by atoms with E-state index in [1.165, 1.54) is 0 Å². The Kier molecular flexibility index (Phi) is 5.05. The zero-order valence-electron chi connectivity index (χ0n) is 10.4. The van der Waals surface area contributed by atoms with Crippen LogP contribution in [0.2, 0.25) is 0 Å². The molecular formula is C12H22N4.